The third kappa shape index (κ3) is 9.66. The Kier molecular flexibility index (Phi) is 12.0. The maximum Gasteiger partial charge on any atom is 0.239 e. The Morgan fingerprint density at radius 2 is 1.29 bits per heavy atom. The van der Waals surface area contributed by atoms with Crippen molar-refractivity contribution >= 4 is 11.0 Å². The highest BCUT2D eigenvalue weighted by molar-refractivity contribution is 5.88. The zero-order chi connectivity index (χ0) is 38.1. The number of hydrogen-bond donors (Lipinski definition) is 2. The summed E-state index contributed by atoms with van der Waals surface area (Å²) in [6.07, 6.45) is -0.673. The molecule has 2 heterocycles. The van der Waals surface area contributed by atoms with E-state index in [-0.39, 0.29) is 66.9 Å². The number of phenols is 1. The summed E-state index contributed by atoms with van der Waals surface area (Å²) in [4.78, 5) is 16.4. The van der Waals surface area contributed by atoms with E-state index in [0.29, 0.717) is 42.4 Å². The summed E-state index contributed by atoms with van der Waals surface area (Å²) in [6, 6.07) is 37.0. The molecule has 1 saturated heterocycles. The van der Waals surface area contributed by atoms with Gasteiger partial charge in [-0.2, -0.15) is 0 Å². The number of nitrogens with zero attached hydrogens (tertiary/aromatic N) is 1. The van der Waals surface area contributed by atoms with Gasteiger partial charge in [0.15, 0.2) is 17.3 Å². The number of aliphatic hydroxyl groups is 1. The molecular weight excluding hydrogens is 698 g/mol. The Morgan fingerprint density at radius 1 is 0.709 bits per heavy atom. The second kappa shape index (κ2) is 17.6. The van der Waals surface area contributed by atoms with Crippen LogP contribution >= 0.6 is 0 Å². The molecule has 1 aromatic heterocycles. The minimum atomic E-state index is -0.802. The van der Waals surface area contributed by atoms with Gasteiger partial charge in [0, 0.05) is 37.3 Å². The van der Waals surface area contributed by atoms with Crippen molar-refractivity contribution in [2.75, 3.05) is 26.2 Å². The summed E-state index contributed by atoms with van der Waals surface area (Å²) >= 11 is 0. The largest absolute Gasteiger partial charge is 0.507 e. The topological polar surface area (TPSA) is 120 Å². The van der Waals surface area contributed by atoms with Gasteiger partial charge in [0.1, 0.15) is 55.0 Å². The molecule has 5 aromatic carbocycles. The van der Waals surface area contributed by atoms with Gasteiger partial charge in [0.2, 0.25) is 11.2 Å². The SMILES string of the molecule is C[C@@H]1CN(CC(O)COc2cc(-c3oc4cc(OCc5ccccc5)cc(O)c4c(=O)c3OCc3ccccc3)ccc2OCc2ccccc2)C[C@H](C)O1. The highest BCUT2D eigenvalue weighted by Crippen LogP contribution is 2.40. The highest BCUT2D eigenvalue weighted by atomic mass is 16.5. The number of morpholine rings is 1. The number of benzene rings is 5. The van der Waals surface area contributed by atoms with Crippen LogP contribution in [0.3, 0.4) is 0 Å². The van der Waals surface area contributed by atoms with Crippen LogP contribution in [0, 0.1) is 0 Å². The van der Waals surface area contributed by atoms with E-state index in [9.17, 15) is 15.0 Å². The highest BCUT2D eigenvalue weighted by Gasteiger charge is 2.26. The molecule has 1 aliphatic rings. The summed E-state index contributed by atoms with van der Waals surface area (Å²) in [5, 5.41) is 22.2. The molecule has 0 radical (unpaired) electrons. The van der Waals surface area contributed by atoms with Crippen LogP contribution in [-0.4, -0.2) is 59.7 Å². The molecule has 0 bridgehead atoms. The first-order chi connectivity index (χ1) is 26.8. The molecule has 1 unspecified atom stereocenters. The molecule has 10 heteroatoms. The Balaban J connectivity index is 1.24. The van der Waals surface area contributed by atoms with Crippen LogP contribution in [0.15, 0.2) is 131 Å². The quantitative estimate of drug-likeness (QED) is 0.108. The number of ether oxygens (including phenoxy) is 5. The van der Waals surface area contributed by atoms with Crippen LogP contribution in [0.5, 0.6) is 28.7 Å². The maximum absolute atomic E-state index is 14.2. The van der Waals surface area contributed by atoms with Crippen LogP contribution < -0.4 is 24.4 Å². The standard InChI is InChI=1S/C45H45NO9/c1-30-23-46(24-31(2)54-30)25-36(47)29-52-40-20-35(18-19-39(40)51-27-33-14-8-4-9-15-33)44-45(53-28-34-16-10-5-11-17-34)43(49)42-38(48)21-37(22-41(42)55-44)50-26-32-12-6-3-7-13-32/h3-22,30-31,36,47-48H,23-29H2,1-2H3/t30-,31+,36?. The molecule has 55 heavy (non-hydrogen) atoms. The third-order valence-electron chi connectivity index (χ3n) is 9.22. The fourth-order valence-electron chi connectivity index (χ4n) is 6.72. The minimum absolute atomic E-state index is 0.0136. The third-order valence-corrected chi connectivity index (χ3v) is 9.22. The van der Waals surface area contributed by atoms with Crippen molar-refractivity contribution in [2.24, 2.45) is 0 Å². The van der Waals surface area contributed by atoms with Crippen molar-refractivity contribution in [3.05, 3.63) is 148 Å². The second-order valence-electron chi connectivity index (χ2n) is 13.8. The number of aliphatic hydroxyl groups excluding tert-OH is 1. The fraction of sp³-hybridized carbons (Fsp3) is 0.267. The van der Waals surface area contributed by atoms with Gasteiger partial charge in [-0.05, 0) is 48.7 Å². The Labute approximate surface area is 320 Å². The average Bonchev–Trinajstić information content (AvgIpc) is 3.19. The lowest BCUT2D eigenvalue weighted by Crippen LogP contribution is -2.48. The zero-order valence-corrected chi connectivity index (χ0v) is 30.9. The summed E-state index contributed by atoms with van der Waals surface area (Å²) in [5.74, 6) is 0.867. The number of rotatable bonds is 15. The predicted octanol–water partition coefficient (Wildman–Crippen LogP) is 7.75. The van der Waals surface area contributed by atoms with E-state index < -0.39 is 11.5 Å². The summed E-state index contributed by atoms with van der Waals surface area (Å²) in [7, 11) is 0. The lowest BCUT2D eigenvalue weighted by molar-refractivity contribution is -0.0787. The molecule has 0 aliphatic carbocycles. The second-order valence-corrected chi connectivity index (χ2v) is 13.8. The van der Waals surface area contributed by atoms with Crippen molar-refractivity contribution in [3.8, 4) is 40.1 Å². The van der Waals surface area contributed by atoms with Crippen molar-refractivity contribution in [1.82, 2.24) is 4.90 Å². The van der Waals surface area contributed by atoms with Gasteiger partial charge in [0.05, 0.1) is 12.2 Å². The van der Waals surface area contributed by atoms with Crippen molar-refractivity contribution in [1.29, 1.82) is 0 Å². The van der Waals surface area contributed by atoms with Gasteiger partial charge >= 0.3 is 0 Å². The number of fused-ring (bicyclic) bond motifs is 1. The first-order valence-electron chi connectivity index (χ1n) is 18.5. The van der Waals surface area contributed by atoms with E-state index in [1.54, 1.807) is 24.3 Å². The molecule has 1 fully saturated rings. The summed E-state index contributed by atoms with van der Waals surface area (Å²) in [5.41, 5.74) is 2.78. The Bertz CT molecular complexity index is 2220. The van der Waals surface area contributed by atoms with E-state index >= 15 is 0 Å². The first kappa shape index (κ1) is 37.5. The molecule has 0 saturated carbocycles. The summed E-state index contributed by atoms with van der Waals surface area (Å²) < 4.78 is 37.1. The molecule has 3 atom stereocenters. The normalized spacial score (nSPS) is 16.4. The van der Waals surface area contributed by atoms with E-state index in [4.69, 9.17) is 28.1 Å². The predicted molar refractivity (Wildman–Crippen MR) is 210 cm³/mol. The van der Waals surface area contributed by atoms with Crippen molar-refractivity contribution in [2.45, 2.75) is 52.0 Å². The first-order valence-corrected chi connectivity index (χ1v) is 18.5. The molecule has 2 N–H and O–H groups in total. The van der Waals surface area contributed by atoms with Crippen LogP contribution in [0.1, 0.15) is 30.5 Å². The molecule has 10 nitrogen and oxygen atoms in total. The van der Waals surface area contributed by atoms with Gasteiger partial charge in [0.25, 0.3) is 0 Å². The Morgan fingerprint density at radius 3 is 1.91 bits per heavy atom. The molecule has 7 rings (SSSR count). The lowest BCUT2D eigenvalue weighted by atomic mass is 10.1. The zero-order valence-electron chi connectivity index (χ0n) is 30.9. The maximum atomic E-state index is 14.2. The van der Waals surface area contributed by atoms with Crippen LogP contribution in [0.25, 0.3) is 22.3 Å². The van der Waals surface area contributed by atoms with Crippen molar-refractivity contribution < 1.29 is 38.3 Å². The van der Waals surface area contributed by atoms with E-state index in [2.05, 4.69) is 4.90 Å². The van der Waals surface area contributed by atoms with Crippen LogP contribution in [0.4, 0.5) is 0 Å². The monoisotopic (exact) mass is 743 g/mol. The molecule has 0 amide bonds. The fourth-order valence-corrected chi connectivity index (χ4v) is 6.72. The van der Waals surface area contributed by atoms with Gasteiger partial charge in [-0.15, -0.1) is 0 Å². The lowest BCUT2D eigenvalue weighted by Gasteiger charge is -2.36. The smallest absolute Gasteiger partial charge is 0.239 e. The van der Waals surface area contributed by atoms with Gasteiger partial charge < -0.3 is 38.3 Å². The average molecular weight is 744 g/mol. The molecule has 6 aromatic rings. The van der Waals surface area contributed by atoms with Gasteiger partial charge in [-0.1, -0.05) is 91.0 Å². The van der Waals surface area contributed by atoms with E-state index in [1.165, 1.54) is 6.07 Å². The number of phenolic OH excluding ortho intramolecular Hbond substituents is 1. The molecule has 0 spiro atoms. The Hall–Kier alpha value is -5.81. The molecule has 284 valence electrons. The van der Waals surface area contributed by atoms with E-state index in [1.807, 2.05) is 105 Å². The van der Waals surface area contributed by atoms with Crippen molar-refractivity contribution in [3.63, 3.8) is 0 Å². The van der Waals surface area contributed by atoms with Gasteiger partial charge in [-0.25, -0.2) is 0 Å². The minimum Gasteiger partial charge on any atom is -0.507 e. The number of hydrogen-bond acceptors (Lipinski definition) is 10. The summed E-state index contributed by atoms with van der Waals surface area (Å²) in [6.45, 7) is 6.48. The number of β-amino-alcohol motifs (C(OH)–C–C–N with tert-alkyl or cyclic N) is 1. The van der Waals surface area contributed by atoms with E-state index in [0.717, 1.165) is 16.7 Å². The van der Waals surface area contributed by atoms with Crippen LogP contribution in [0.2, 0.25) is 0 Å². The molecular formula is C45H45NO9. The molecule has 1 aliphatic heterocycles. The number of aromatic hydroxyl groups is 1. The van der Waals surface area contributed by atoms with Gasteiger partial charge in [-0.3, -0.25) is 9.69 Å². The van der Waals surface area contributed by atoms with Crippen LogP contribution in [-0.2, 0) is 24.6 Å².